The molecule has 3 aromatic rings. The molecular formula is C24H16BrCl3N2O3. The highest BCUT2D eigenvalue weighted by Gasteiger charge is 2.15. The van der Waals surface area contributed by atoms with Crippen molar-refractivity contribution in [2.45, 2.75) is 6.61 Å². The summed E-state index contributed by atoms with van der Waals surface area (Å²) in [4.78, 5) is 12.6. The topological polar surface area (TPSA) is 71.3 Å². The predicted molar refractivity (Wildman–Crippen MR) is 135 cm³/mol. The van der Waals surface area contributed by atoms with E-state index >= 15 is 0 Å². The van der Waals surface area contributed by atoms with Crippen molar-refractivity contribution in [1.82, 2.24) is 0 Å². The van der Waals surface area contributed by atoms with Crippen molar-refractivity contribution in [3.05, 3.63) is 90.8 Å². The lowest BCUT2D eigenvalue weighted by molar-refractivity contribution is -0.112. The number of nitrogens with one attached hydrogen (secondary N) is 1. The van der Waals surface area contributed by atoms with Gasteiger partial charge in [0.25, 0.3) is 5.91 Å². The van der Waals surface area contributed by atoms with Crippen molar-refractivity contribution >= 4 is 68.4 Å². The van der Waals surface area contributed by atoms with Gasteiger partial charge in [-0.15, -0.1) is 0 Å². The zero-order valence-electron chi connectivity index (χ0n) is 17.2. The summed E-state index contributed by atoms with van der Waals surface area (Å²) in [6.45, 7) is 0.278. The highest BCUT2D eigenvalue weighted by atomic mass is 79.9. The van der Waals surface area contributed by atoms with Crippen molar-refractivity contribution < 1.29 is 14.3 Å². The number of carbonyl (C=O) groups is 1. The van der Waals surface area contributed by atoms with Crippen molar-refractivity contribution in [3.63, 3.8) is 0 Å². The number of halogens is 4. The molecule has 5 nitrogen and oxygen atoms in total. The molecule has 0 aliphatic heterocycles. The minimum Gasteiger partial charge on any atom is -0.493 e. The van der Waals surface area contributed by atoms with Gasteiger partial charge in [0.15, 0.2) is 11.5 Å². The Morgan fingerprint density at radius 3 is 2.58 bits per heavy atom. The highest BCUT2D eigenvalue weighted by Crippen LogP contribution is 2.38. The number of rotatable bonds is 7. The number of nitriles is 1. The van der Waals surface area contributed by atoms with Crippen LogP contribution >= 0.6 is 50.7 Å². The molecule has 9 heteroatoms. The lowest BCUT2D eigenvalue weighted by Gasteiger charge is -2.14. The molecule has 0 spiro atoms. The number of hydrogen-bond donors (Lipinski definition) is 1. The largest absolute Gasteiger partial charge is 0.493 e. The molecule has 0 aliphatic carbocycles. The smallest absolute Gasteiger partial charge is 0.266 e. The molecule has 0 bridgehead atoms. The summed E-state index contributed by atoms with van der Waals surface area (Å²) < 4.78 is 12.0. The van der Waals surface area contributed by atoms with Crippen LogP contribution in [0.2, 0.25) is 15.1 Å². The second-order valence-electron chi connectivity index (χ2n) is 6.71. The van der Waals surface area contributed by atoms with Gasteiger partial charge in [-0.05, 0) is 75.6 Å². The van der Waals surface area contributed by atoms with Gasteiger partial charge >= 0.3 is 0 Å². The van der Waals surface area contributed by atoms with E-state index in [1.54, 1.807) is 30.3 Å². The number of benzene rings is 3. The molecule has 0 unspecified atom stereocenters. The van der Waals surface area contributed by atoms with Crippen LogP contribution in [0.5, 0.6) is 11.5 Å². The summed E-state index contributed by atoms with van der Waals surface area (Å²) in [5.41, 5.74) is 1.77. The molecule has 0 saturated carbocycles. The van der Waals surface area contributed by atoms with E-state index in [9.17, 15) is 10.1 Å². The molecule has 0 aliphatic rings. The van der Waals surface area contributed by atoms with Crippen molar-refractivity contribution in [2.75, 3.05) is 12.4 Å². The Bertz CT molecular complexity index is 1270. The number of anilines is 1. The van der Waals surface area contributed by atoms with Crippen LogP contribution in [0.1, 0.15) is 11.1 Å². The first-order chi connectivity index (χ1) is 15.8. The van der Waals surface area contributed by atoms with Crippen LogP contribution in [-0.4, -0.2) is 13.0 Å². The van der Waals surface area contributed by atoms with E-state index in [1.165, 1.54) is 19.3 Å². The first-order valence-corrected chi connectivity index (χ1v) is 11.4. The predicted octanol–water partition coefficient (Wildman–Crippen LogP) is 7.54. The number of amides is 1. The van der Waals surface area contributed by atoms with Crippen LogP contribution in [0.25, 0.3) is 6.08 Å². The first kappa shape index (κ1) is 24.9. The fourth-order valence-electron chi connectivity index (χ4n) is 2.83. The van der Waals surface area contributed by atoms with Gasteiger partial charge in [-0.3, -0.25) is 4.79 Å². The zero-order chi connectivity index (χ0) is 24.0. The van der Waals surface area contributed by atoms with Crippen molar-refractivity contribution in [3.8, 4) is 17.6 Å². The monoisotopic (exact) mass is 564 g/mol. The fraction of sp³-hybridized carbons (Fsp3) is 0.0833. The molecule has 168 valence electrons. The Morgan fingerprint density at radius 2 is 1.91 bits per heavy atom. The molecule has 3 aromatic carbocycles. The zero-order valence-corrected chi connectivity index (χ0v) is 21.0. The van der Waals surface area contributed by atoms with E-state index in [2.05, 4.69) is 21.2 Å². The van der Waals surface area contributed by atoms with Crippen LogP contribution in [0.3, 0.4) is 0 Å². The quantitative estimate of drug-likeness (QED) is 0.237. The molecule has 33 heavy (non-hydrogen) atoms. The van der Waals surface area contributed by atoms with Gasteiger partial charge in [0.05, 0.1) is 21.6 Å². The molecule has 0 aromatic heterocycles. The summed E-state index contributed by atoms with van der Waals surface area (Å²) in [5, 5.41) is 13.4. The Kier molecular flexibility index (Phi) is 8.65. The third kappa shape index (κ3) is 6.66. The SMILES string of the molecule is COc1cc(/C=C(\C#N)C(=O)Nc2ccc(Cl)c(Cl)c2)cc(Br)c1OCc1cccc(Cl)c1. The van der Waals surface area contributed by atoms with E-state index in [0.29, 0.717) is 42.3 Å². The number of nitrogens with zero attached hydrogens (tertiary/aromatic N) is 1. The van der Waals surface area contributed by atoms with E-state index in [1.807, 2.05) is 24.3 Å². The molecule has 0 heterocycles. The lowest BCUT2D eigenvalue weighted by atomic mass is 10.1. The van der Waals surface area contributed by atoms with Gasteiger partial charge in [0.1, 0.15) is 18.2 Å². The lowest BCUT2D eigenvalue weighted by Crippen LogP contribution is -2.13. The standard InChI is InChI=1S/C24H16BrCl3N2O3/c1-32-22-10-15(9-19(25)23(22)33-13-14-3-2-4-17(26)8-14)7-16(12-29)24(31)30-18-5-6-20(27)21(28)11-18/h2-11H,13H2,1H3,(H,30,31)/b16-7+. The van der Waals surface area contributed by atoms with Gasteiger partial charge in [-0.25, -0.2) is 0 Å². The second-order valence-corrected chi connectivity index (χ2v) is 8.81. The van der Waals surface area contributed by atoms with Crippen LogP contribution in [0.4, 0.5) is 5.69 Å². The summed E-state index contributed by atoms with van der Waals surface area (Å²) in [6.07, 6.45) is 1.45. The van der Waals surface area contributed by atoms with E-state index in [0.717, 1.165) is 5.56 Å². The number of carbonyl (C=O) groups excluding carboxylic acids is 1. The maximum atomic E-state index is 12.6. The third-order valence-electron chi connectivity index (χ3n) is 4.38. The van der Waals surface area contributed by atoms with Crippen LogP contribution < -0.4 is 14.8 Å². The molecule has 0 fully saturated rings. The van der Waals surface area contributed by atoms with E-state index in [-0.39, 0.29) is 12.2 Å². The second kappa shape index (κ2) is 11.4. The Morgan fingerprint density at radius 1 is 1.12 bits per heavy atom. The molecule has 1 N–H and O–H groups in total. The minimum absolute atomic E-state index is 0.109. The van der Waals surface area contributed by atoms with Crippen LogP contribution in [0, 0.1) is 11.3 Å². The average molecular weight is 567 g/mol. The molecular weight excluding hydrogens is 551 g/mol. The molecule has 1 amide bonds. The van der Waals surface area contributed by atoms with Crippen molar-refractivity contribution in [1.29, 1.82) is 5.26 Å². The molecule has 3 rings (SSSR count). The normalized spacial score (nSPS) is 11.0. The molecule has 0 saturated heterocycles. The average Bonchev–Trinajstić information content (AvgIpc) is 2.78. The fourth-order valence-corrected chi connectivity index (χ4v) is 3.92. The summed E-state index contributed by atoms with van der Waals surface area (Å²) in [5.74, 6) is 0.320. The van der Waals surface area contributed by atoms with Gasteiger partial charge in [0, 0.05) is 10.7 Å². The first-order valence-electron chi connectivity index (χ1n) is 9.43. The van der Waals surface area contributed by atoms with Crippen LogP contribution in [-0.2, 0) is 11.4 Å². The summed E-state index contributed by atoms with van der Waals surface area (Å²) >= 11 is 21.4. The van der Waals surface area contributed by atoms with E-state index < -0.39 is 5.91 Å². The summed E-state index contributed by atoms with van der Waals surface area (Å²) in [7, 11) is 1.50. The summed E-state index contributed by atoms with van der Waals surface area (Å²) in [6, 6.07) is 17.3. The minimum atomic E-state index is -0.590. The maximum absolute atomic E-state index is 12.6. The van der Waals surface area contributed by atoms with E-state index in [4.69, 9.17) is 44.3 Å². The van der Waals surface area contributed by atoms with Gasteiger partial charge in [-0.2, -0.15) is 5.26 Å². The number of methoxy groups -OCH3 is 1. The Labute approximate surface area is 214 Å². The van der Waals surface area contributed by atoms with Gasteiger partial charge in [-0.1, -0.05) is 46.9 Å². The molecule has 0 atom stereocenters. The van der Waals surface area contributed by atoms with Crippen LogP contribution in [0.15, 0.2) is 64.6 Å². The van der Waals surface area contributed by atoms with Gasteiger partial charge < -0.3 is 14.8 Å². The van der Waals surface area contributed by atoms with Crippen molar-refractivity contribution in [2.24, 2.45) is 0 Å². The maximum Gasteiger partial charge on any atom is 0.266 e. The Balaban J connectivity index is 1.82. The number of hydrogen-bond acceptors (Lipinski definition) is 4. The number of ether oxygens (including phenoxy) is 2. The Hall–Kier alpha value is -2.69. The van der Waals surface area contributed by atoms with Gasteiger partial charge in [0.2, 0.25) is 0 Å². The highest BCUT2D eigenvalue weighted by molar-refractivity contribution is 9.10. The molecule has 0 radical (unpaired) electrons. The third-order valence-corrected chi connectivity index (χ3v) is 5.94.